The minimum absolute atomic E-state index is 0.105. The minimum Gasteiger partial charge on any atom is -0.342 e. The lowest BCUT2D eigenvalue weighted by Gasteiger charge is -2.28. The van der Waals surface area contributed by atoms with Crippen LogP contribution in [0.5, 0.6) is 0 Å². The molecule has 1 heterocycles. The van der Waals surface area contributed by atoms with Crippen molar-refractivity contribution in [2.45, 2.75) is 45.8 Å². The summed E-state index contributed by atoms with van der Waals surface area (Å²) in [4.78, 5) is 13.5. The Morgan fingerprint density at radius 1 is 1.17 bits per heavy atom. The number of alkyl halides is 3. The van der Waals surface area contributed by atoms with Gasteiger partial charge in [0.1, 0.15) is 0 Å². The SMILES string of the molecule is CC(C)(C)C(=O)N1CCC(N)C(C(F)(F)F)CC1. The summed E-state index contributed by atoms with van der Waals surface area (Å²) in [5.41, 5.74) is 5.01. The van der Waals surface area contributed by atoms with E-state index in [1.54, 1.807) is 20.8 Å². The number of likely N-dealkylation sites (tertiary alicyclic amines) is 1. The van der Waals surface area contributed by atoms with E-state index in [9.17, 15) is 18.0 Å². The van der Waals surface area contributed by atoms with Crippen molar-refractivity contribution in [3.05, 3.63) is 0 Å². The van der Waals surface area contributed by atoms with Gasteiger partial charge in [-0.05, 0) is 12.8 Å². The van der Waals surface area contributed by atoms with E-state index in [0.717, 1.165) is 0 Å². The maximum atomic E-state index is 12.8. The maximum Gasteiger partial charge on any atom is 0.393 e. The lowest BCUT2D eigenvalue weighted by Crippen LogP contribution is -2.40. The van der Waals surface area contributed by atoms with Crippen molar-refractivity contribution in [2.24, 2.45) is 17.1 Å². The molecule has 106 valence electrons. The van der Waals surface area contributed by atoms with Crippen LogP contribution in [-0.4, -0.2) is 36.1 Å². The van der Waals surface area contributed by atoms with E-state index < -0.39 is 23.6 Å². The summed E-state index contributed by atoms with van der Waals surface area (Å²) in [6.07, 6.45) is -4.18. The molecular formula is C12H21F3N2O. The van der Waals surface area contributed by atoms with E-state index in [1.807, 2.05) is 0 Å². The van der Waals surface area contributed by atoms with Gasteiger partial charge in [-0.3, -0.25) is 4.79 Å². The second kappa shape index (κ2) is 5.07. The molecule has 1 fully saturated rings. The van der Waals surface area contributed by atoms with E-state index >= 15 is 0 Å². The van der Waals surface area contributed by atoms with Gasteiger partial charge in [-0.15, -0.1) is 0 Å². The van der Waals surface area contributed by atoms with Gasteiger partial charge in [0.05, 0.1) is 5.92 Å². The molecule has 0 aromatic heterocycles. The zero-order valence-corrected chi connectivity index (χ0v) is 11.0. The van der Waals surface area contributed by atoms with Crippen molar-refractivity contribution in [3.63, 3.8) is 0 Å². The number of amides is 1. The van der Waals surface area contributed by atoms with E-state index in [0.29, 0.717) is 6.54 Å². The van der Waals surface area contributed by atoms with Crippen LogP contribution in [0, 0.1) is 11.3 Å². The van der Waals surface area contributed by atoms with E-state index in [4.69, 9.17) is 5.73 Å². The quantitative estimate of drug-likeness (QED) is 0.730. The van der Waals surface area contributed by atoms with Gasteiger partial charge in [0.15, 0.2) is 0 Å². The van der Waals surface area contributed by atoms with E-state index in [-0.39, 0.29) is 25.3 Å². The second-order valence-electron chi connectivity index (χ2n) is 5.93. The Morgan fingerprint density at radius 2 is 1.67 bits per heavy atom. The molecule has 0 aromatic carbocycles. The molecule has 2 atom stereocenters. The van der Waals surface area contributed by atoms with Crippen LogP contribution in [0.1, 0.15) is 33.6 Å². The smallest absolute Gasteiger partial charge is 0.342 e. The Hall–Kier alpha value is -0.780. The molecule has 0 saturated carbocycles. The molecule has 18 heavy (non-hydrogen) atoms. The van der Waals surface area contributed by atoms with Crippen LogP contribution in [0.4, 0.5) is 13.2 Å². The lowest BCUT2D eigenvalue weighted by molar-refractivity contribution is -0.181. The molecule has 1 rings (SSSR count). The molecule has 0 radical (unpaired) electrons. The van der Waals surface area contributed by atoms with Crippen molar-refractivity contribution in [1.82, 2.24) is 4.90 Å². The highest BCUT2D eigenvalue weighted by Crippen LogP contribution is 2.34. The number of nitrogens with two attached hydrogens (primary N) is 1. The second-order valence-corrected chi connectivity index (χ2v) is 5.93. The first-order chi connectivity index (χ1) is 8.03. The van der Waals surface area contributed by atoms with Gasteiger partial charge in [0.25, 0.3) is 0 Å². The Labute approximate surface area is 106 Å². The molecule has 0 aromatic rings. The Morgan fingerprint density at radius 3 is 2.11 bits per heavy atom. The first-order valence-corrected chi connectivity index (χ1v) is 6.15. The molecule has 1 aliphatic rings. The summed E-state index contributed by atoms with van der Waals surface area (Å²) >= 11 is 0. The highest BCUT2D eigenvalue weighted by Gasteiger charge is 2.45. The third-order valence-electron chi connectivity index (χ3n) is 3.31. The minimum atomic E-state index is -4.28. The van der Waals surface area contributed by atoms with E-state index in [2.05, 4.69) is 0 Å². The van der Waals surface area contributed by atoms with Gasteiger partial charge in [0, 0.05) is 24.5 Å². The average molecular weight is 266 g/mol. The fourth-order valence-electron chi connectivity index (χ4n) is 2.21. The number of hydrogen-bond acceptors (Lipinski definition) is 2. The van der Waals surface area contributed by atoms with Gasteiger partial charge in [0.2, 0.25) is 5.91 Å². The zero-order chi connectivity index (χ0) is 14.1. The van der Waals surface area contributed by atoms with Gasteiger partial charge in [-0.1, -0.05) is 20.8 Å². The van der Waals surface area contributed by atoms with Crippen molar-refractivity contribution in [2.75, 3.05) is 13.1 Å². The number of halogens is 3. The fourth-order valence-corrected chi connectivity index (χ4v) is 2.21. The molecule has 6 heteroatoms. The molecule has 1 aliphatic heterocycles. The monoisotopic (exact) mass is 266 g/mol. The molecular weight excluding hydrogens is 245 g/mol. The van der Waals surface area contributed by atoms with Crippen molar-refractivity contribution >= 4 is 5.91 Å². The summed E-state index contributed by atoms with van der Waals surface area (Å²) < 4.78 is 38.3. The maximum absolute atomic E-state index is 12.8. The third-order valence-corrected chi connectivity index (χ3v) is 3.31. The number of carbonyl (C=O) groups excluding carboxylic acids is 1. The third kappa shape index (κ3) is 3.60. The highest BCUT2D eigenvalue weighted by molar-refractivity contribution is 5.81. The van der Waals surface area contributed by atoms with Crippen LogP contribution in [-0.2, 0) is 4.79 Å². The average Bonchev–Trinajstić information content (AvgIpc) is 2.36. The van der Waals surface area contributed by atoms with Crippen LogP contribution >= 0.6 is 0 Å². The van der Waals surface area contributed by atoms with Gasteiger partial charge >= 0.3 is 6.18 Å². The Bertz CT molecular complexity index is 309. The number of hydrogen-bond donors (Lipinski definition) is 1. The summed E-state index contributed by atoms with van der Waals surface area (Å²) in [7, 11) is 0. The zero-order valence-electron chi connectivity index (χ0n) is 11.0. The predicted octanol–water partition coefficient (Wildman–Crippen LogP) is 2.16. The van der Waals surface area contributed by atoms with Crippen LogP contribution in [0.2, 0.25) is 0 Å². The molecule has 1 amide bonds. The molecule has 3 nitrogen and oxygen atoms in total. The van der Waals surface area contributed by atoms with Crippen molar-refractivity contribution in [1.29, 1.82) is 0 Å². The van der Waals surface area contributed by atoms with Crippen molar-refractivity contribution in [3.8, 4) is 0 Å². The molecule has 0 aliphatic carbocycles. The van der Waals surface area contributed by atoms with Crippen LogP contribution in [0.15, 0.2) is 0 Å². The normalized spacial score (nSPS) is 26.9. The van der Waals surface area contributed by atoms with Crippen LogP contribution in [0.25, 0.3) is 0 Å². The first-order valence-electron chi connectivity index (χ1n) is 6.15. The molecule has 2 unspecified atom stereocenters. The molecule has 0 bridgehead atoms. The summed E-state index contributed by atoms with van der Waals surface area (Å²) in [5.74, 6) is -1.62. The summed E-state index contributed by atoms with van der Waals surface area (Å²) in [5, 5.41) is 0. The number of nitrogens with zero attached hydrogens (tertiary/aromatic N) is 1. The standard InChI is InChI=1S/C12H21F3N2O/c1-11(2,3)10(18)17-6-4-8(12(13,14)15)9(16)5-7-17/h8-9H,4-7,16H2,1-3H3. The number of carbonyl (C=O) groups is 1. The predicted molar refractivity (Wildman–Crippen MR) is 62.8 cm³/mol. The largest absolute Gasteiger partial charge is 0.393 e. The summed E-state index contributed by atoms with van der Waals surface area (Å²) in [6, 6.07) is -0.914. The fraction of sp³-hybridized carbons (Fsp3) is 0.917. The lowest BCUT2D eigenvalue weighted by atomic mass is 9.94. The molecule has 1 saturated heterocycles. The number of rotatable bonds is 0. The van der Waals surface area contributed by atoms with Crippen LogP contribution < -0.4 is 5.73 Å². The summed E-state index contributed by atoms with van der Waals surface area (Å²) in [6.45, 7) is 5.74. The Balaban J connectivity index is 2.75. The highest BCUT2D eigenvalue weighted by atomic mass is 19.4. The topological polar surface area (TPSA) is 46.3 Å². The van der Waals surface area contributed by atoms with Gasteiger partial charge < -0.3 is 10.6 Å². The Kier molecular flexibility index (Phi) is 4.30. The van der Waals surface area contributed by atoms with Gasteiger partial charge in [-0.25, -0.2) is 0 Å². The molecule has 0 spiro atoms. The first kappa shape index (κ1) is 15.3. The molecule has 2 N–H and O–H groups in total. The van der Waals surface area contributed by atoms with E-state index in [1.165, 1.54) is 4.90 Å². The van der Waals surface area contributed by atoms with Crippen LogP contribution in [0.3, 0.4) is 0 Å². The van der Waals surface area contributed by atoms with Crippen molar-refractivity contribution < 1.29 is 18.0 Å². The van der Waals surface area contributed by atoms with Gasteiger partial charge in [-0.2, -0.15) is 13.2 Å².